The fourth-order valence-corrected chi connectivity index (χ4v) is 4.25. The largest absolute Gasteiger partial charge is 0.496 e. The molecule has 1 aliphatic heterocycles. The third kappa shape index (κ3) is 6.71. The number of carbonyl (C=O) groups is 3. The van der Waals surface area contributed by atoms with Crippen LogP contribution in [0.25, 0.3) is 0 Å². The number of aliphatic carboxylic acids is 1. The predicted molar refractivity (Wildman–Crippen MR) is 131 cm³/mol. The molecule has 11 heteroatoms. The number of cyclic esters (lactones) is 1. The summed E-state index contributed by atoms with van der Waals surface area (Å²) in [5, 5.41) is 10.8. The number of benzene rings is 2. The van der Waals surface area contributed by atoms with Crippen LogP contribution in [0, 0.1) is 6.92 Å². The summed E-state index contributed by atoms with van der Waals surface area (Å²) < 4.78 is 56.4. The molecule has 1 atom stereocenters. The van der Waals surface area contributed by atoms with Gasteiger partial charge in [-0.2, -0.15) is 13.2 Å². The summed E-state index contributed by atoms with van der Waals surface area (Å²) in [5.41, 5.74) is 1.86. The van der Waals surface area contributed by atoms with Crippen molar-refractivity contribution in [1.82, 2.24) is 0 Å². The fourth-order valence-electron chi connectivity index (χ4n) is 4.25. The van der Waals surface area contributed by atoms with Gasteiger partial charge < -0.3 is 24.6 Å². The van der Waals surface area contributed by atoms with E-state index in [0.29, 0.717) is 11.1 Å². The van der Waals surface area contributed by atoms with Crippen LogP contribution in [0.3, 0.4) is 0 Å². The van der Waals surface area contributed by atoms with Crippen molar-refractivity contribution >= 4 is 23.5 Å². The molecule has 0 aliphatic carbocycles. The number of methoxy groups -OCH3 is 1. The van der Waals surface area contributed by atoms with E-state index in [9.17, 15) is 27.6 Å². The Morgan fingerprint density at radius 3 is 2.47 bits per heavy atom. The maximum Gasteiger partial charge on any atom is 0.471 e. The van der Waals surface area contributed by atoms with Crippen molar-refractivity contribution in [3.8, 4) is 5.75 Å². The fraction of sp³-hybridized carbons (Fsp3) is 0.370. The van der Waals surface area contributed by atoms with E-state index < -0.39 is 30.1 Å². The molecule has 1 unspecified atom stereocenters. The van der Waals surface area contributed by atoms with Gasteiger partial charge in [0.05, 0.1) is 31.6 Å². The molecular formula is C27H28F3NO7. The number of nitrogens with one attached hydrogen (secondary N) is 1. The van der Waals surface area contributed by atoms with Crippen molar-refractivity contribution in [2.45, 2.75) is 52.0 Å². The summed E-state index contributed by atoms with van der Waals surface area (Å²) >= 11 is 0. The molecule has 38 heavy (non-hydrogen) atoms. The minimum atomic E-state index is -5.21. The number of hydrogen-bond donors (Lipinski definition) is 2. The van der Waals surface area contributed by atoms with Gasteiger partial charge in [0.25, 0.3) is 0 Å². The molecule has 1 heterocycles. The van der Waals surface area contributed by atoms with Crippen molar-refractivity contribution in [3.05, 3.63) is 69.8 Å². The minimum Gasteiger partial charge on any atom is -0.496 e. The van der Waals surface area contributed by atoms with Gasteiger partial charge >= 0.3 is 24.0 Å². The maximum atomic E-state index is 13.2. The van der Waals surface area contributed by atoms with Crippen LogP contribution in [-0.4, -0.2) is 42.8 Å². The van der Waals surface area contributed by atoms with E-state index in [4.69, 9.17) is 19.3 Å². The zero-order valence-corrected chi connectivity index (χ0v) is 21.1. The van der Waals surface area contributed by atoms with Crippen molar-refractivity contribution in [2.75, 3.05) is 19.0 Å². The van der Waals surface area contributed by atoms with Gasteiger partial charge in [-0.3, -0.25) is 9.59 Å². The molecule has 3 rings (SSSR count). The first-order valence-electron chi connectivity index (χ1n) is 11.8. The monoisotopic (exact) mass is 535 g/mol. The van der Waals surface area contributed by atoms with Crippen molar-refractivity contribution in [2.24, 2.45) is 0 Å². The van der Waals surface area contributed by atoms with E-state index in [0.717, 1.165) is 5.56 Å². The SMILES string of the molecule is COc1c(C)c2c(c(NC(=O)C(F)(F)F)c1CC=C(C)CCC(=O)O)C(=O)OC2COCc1ccccc1. The minimum absolute atomic E-state index is 0.0291. The second-order valence-electron chi connectivity index (χ2n) is 8.80. The van der Waals surface area contributed by atoms with Gasteiger partial charge in [0.2, 0.25) is 0 Å². The Balaban J connectivity index is 2.03. The topological polar surface area (TPSA) is 111 Å². The van der Waals surface area contributed by atoms with E-state index >= 15 is 0 Å². The Bertz CT molecular complexity index is 1240. The number of halogens is 3. The molecule has 0 saturated carbocycles. The number of carboxylic acid groups (broad SMARTS) is 1. The first-order valence-corrected chi connectivity index (χ1v) is 11.8. The summed E-state index contributed by atoms with van der Waals surface area (Å²) in [7, 11) is 1.33. The highest BCUT2D eigenvalue weighted by atomic mass is 19.4. The van der Waals surface area contributed by atoms with Crippen molar-refractivity contribution in [1.29, 1.82) is 0 Å². The number of amides is 1. The van der Waals surface area contributed by atoms with Crippen LogP contribution in [0.4, 0.5) is 18.9 Å². The highest BCUT2D eigenvalue weighted by Crippen LogP contribution is 2.46. The molecule has 2 aromatic rings. The molecule has 2 aromatic carbocycles. The number of alkyl halides is 3. The average molecular weight is 536 g/mol. The molecule has 0 aromatic heterocycles. The molecule has 0 saturated heterocycles. The van der Waals surface area contributed by atoms with Gasteiger partial charge in [-0.15, -0.1) is 0 Å². The molecule has 1 aliphatic rings. The molecule has 0 fully saturated rings. The summed E-state index contributed by atoms with van der Waals surface area (Å²) in [6.45, 7) is 3.47. The first kappa shape index (κ1) is 28.7. The Labute approximate surface area is 217 Å². The van der Waals surface area contributed by atoms with E-state index in [-0.39, 0.29) is 60.6 Å². The number of carboxylic acids is 1. The highest BCUT2D eigenvalue weighted by Gasteiger charge is 2.43. The van der Waals surface area contributed by atoms with Gasteiger partial charge in [-0.1, -0.05) is 42.0 Å². The molecule has 204 valence electrons. The highest BCUT2D eigenvalue weighted by molar-refractivity contribution is 6.07. The molecular weight excluding hydrogens is 507 g/mol. The van der Waals surface area contributed by atoms with E-state index in [1.165, 1.54) is 7.11 Å². The number of rotatable bonds is 11. The quantitative estimate of drug-likeness (QED) is 0.297. The van der Waals surface area contributed by atoms with Gasteiger partial charge in [0, 0.05) is 17.5 Å². The van der Waals surface area contributed by atoms with Crippen molar-refractivity contribution in [3.63, 3.8) is 0 Å². The maximum absolute atomic E-state index is 13.2. The second kappa shape index (κ2) is 12.1. The van der Waals surface area contributed by atoms with Crippen LogP contribution in [0.2, 0.25) is 0 Å². The first-order chi connectivity index (χ1) is 17.9. The predicted octanol–water partition coefficient (Wildman–Crippen LogP) is 5.29. The number of anilines is 1. The molecule has 0 bridgehead atoms. The van der Waals surface area contributed by atoms with E-state index in [1.807, 2.05) is 35.6 Å². The Morgan fingerprint density at radius 1 is 1.18 bits per heavy atom. The standard InChI is InChI=1S/C27H28F3NO7/c1-15(10-12-20(32)33)9-11-18-23(31-26(35)27(28,29)30)22-21(16(2)24(18)36-3)19(38-25(22)34)14-37-13-17-7-5-4-6-8-17/h4-9,19H,10-14H2,1-3H3,(H,31,35)(H,32,33). The molecule has 2 N–H and O–H groups in total. The third-order valence-corrected chi connectivity index (χ3v) is 6.08. The Kier molecular flexibility index (Phi) is 9.16. The normalized spacial score (nSPS) is 15.2. The van der Waals surface area contributed by atoms with Crippen LogP contribution in [0.15, 0.2) is 42.0 Å². The molecule has 0 spiro atoms. The zero-order valence-electron chi connectivity index (χ0n) is 21.1. The lowest BCUT2D eigenvalue weighted by Crippen LogP contribution is -2.31. The lowest BCUT2D eigenvalue weighted by molar-refractivity contribution is -0.167. The van der Waals surface area contributed by atoms with Crippen LogP contribution >= 0.6 is 0 Å². The number of carbonyl (C=O) groups excluding carboxylic acids is 2. The smallest absolute Gasteiger partial charge is 0.471 e. The van der Waals surface area contributed by atoms with Crippen LogP contribution in [-0.2, 0) is 32.1 Å². The summed E-state index contributed by atoms with van der Waals surface area (Å²) in [5.74, 6) is -3.97. The van der Waals surface area contributed by atoms with Gasteiger partial charge in [-0.05, 0) is 37.8 Å². The van der Waals surface area contributed by atoms with E-state index in [2.05, 4.69) is 0 Å². The number of hydrogen-bond acceptors (Lipinski definition) is 6. The molecule has 0 radical (unpaired) electrons. The Morgan fingerprint density at radius 2 is 1.87 bits per heavy atom. The van der Waals surface area contributed by atoms with Crippen LogP contribution < -0.4 is 10.1 Å². The molecule has 1 amide bonds. The second-order valence-corrected chi connectivity index (χ2v) is 8.80. The average Bonchev–Trinajstić information content (AvgIpc) is 3.19. The summed E-state index contributed by atoms with van der Waals surface area (Å²) in [4.78, 5) is 35.8. The number of ether oxygens (including phenoxy) is 3. The van der Waals surface area contributed by atoms with Gasteiger partial charge in [0.15, 0.2) is 6.10 Å². The van der Waals surface area contributed by atoms with E-state index in [1.54, 1.807) is 19.9 Å². The van der Waals surface area contributed by atoms with Gasteiger partial charge in [-0.25, -0.2) is 4.79 Å². The number of fused-ring (bicyclic) bond motifs is 1. The summed E-state index contributed by atoms with van der Waals surface area (Å²) in [6, 6.07) is 9.24. The summed E-state index contributed by atoms with van der Waals surface area (Å²) in [6.07, 6.45) is -4.46. The van der Waals surface area contributed by atoms with Crippen LogP contribution in [0.1, 0.15) is 58.5 Å². The zero-order chi connectivity index (χ0) is 28.0. The lowest BCUT2D eigenvalue weighted by Gasteiger charge is -2.21. The Hall–Kier alpha value is -3.86. The van der Waals surface area contributed by atoms with Gasteiger partial charge in [0.1, 0.15) is 5.75 Å². The third-order valence-electron chi connectivity index (χ3n) is 6.08. The van der Waals surface area contributed by atoms with Crippen LogP contribution in [0.5, 0.6) is 5.75 Å². The number of esters is 1. The lowest BCUT2D eigenvalue weighted by atomic mass is 9.91. The number of allylic oxidation sites excluding steroid dienone is 2. The molecule has 8 nitrogen and oxygen atoms in total. The van der Waals surface area contributed by atoms with Crippen molar-refractivity contribution < 1.29 is 46.9 Å².